The van der Waals surface area contributed by atoms with Gasteiger partial charge in [-0.3, -0.25) is 9.48 Å². The predicted octanol–water partition coefficient (Wildman–Crippen LogP) is 3.60. The Morgan fingerprint density at radius 2 is 2.00 bits per heavy atom. The summed E-state index contributed by atoms with van der Waals surface area (Å²) < 4.78 is 1.98. The molecule has 1 N–H and O–H groups in total. The molecule has 116 valence electrons. The van der Waals surface area contributed by atoms with E-state index >= 15 is 0 Å². The molecule has 1 saturated carbocycles. The maximum Gasteiger partial charge on any atom is 0.227 e. The highest BCUT2D eigenvalue weighted by atomic mass is 16.1. The number of aryl methyl sites for hydroxylation is 2. The number of anilines is 1. The number of carbonyl (C=O) groups excluding carboxylic acids is 1. The van der Waals surface area contributed by atoms with Crippen molar-refractivity contribution in [3.8, 4) is 0 Å². The van der Waals surface area contributed by atoms with Crippen LogP contribution in [0.3, 0.4) is 0 Å². The van der Waals surface area contributed by atoms with Crippen molar-refractivity contribution in [3.05, 3.63) is 46.8 Å². The molecule has 4 heteroatoms. The zero-order valence-electron chi connectivity index (χ0n) is 13.5. The summed E-state index contributed by atoms with van der Waals surface area (Å²) in [5.41, 5.74) is 5.30. The lowest BCUT2D eigenvalue weighted by atomic mass is 9.85. The third-order valence-electron chi connectivity index (χ3n) is 4.69. The molecule has 1 aromatic carbocycles. The van der Waals surface area contributed by atoms with Crippen LogP contribution in [-0.2, 0) is 11.3 Å². The lowest BCUT2D eigenvalue weighted by Crippen LogP contribution is -2.28. The minimum atomic E-state index is 0.146. The molecular weight excluding hydrogens is 274 g/mol. The first-order valence-corrected chi connectivity index (χ1v) is 7.95. The standard InChI is InChI=1S/C18H23N3O/c1-12-7-4-5-8-16(12)11-21-14(3)17(13(2)20-21)19-18(22)15-9-6-10-15/h4-5,7-8,15H,6,9-11H2,1-3H3,(H,19,22). The number of hydrogen-bond acceptors (Lipinski definition) is 2. The van der Waals surface area contributed by atoms with Gasteiger partial charge in [0.05, 0.1) is 23.6 Å². The summed E-state index contributed by atoms with van der Waals surface area (Å²) in [4.78, 5) is 12.2. The summed E-state index contributed by atoms with van der Waals surface area (Å²) in [6.07, 6.45) is 3.20. The summed E-state index contributed by atoms with van der Waals surface area (Å²) in [6.45, 7) is 6.82. The molecule has 1 heterocycles. The molecule has 1 amide bonds. The van der Waals surface area contributed by atoms with Gasteiger partial charge in [-0.2, -0.15) is 5.10 Å². The van der Waals surface area contributed by atoms with E-state index in [9.17, 15) is 4.79 Å². The quantitative estimate of drug-likeness (QED) is 0.937. The average Bonchev–Trinajstić information content (AvgIpc) is 2.67. The monoisotopic (exact) mass is 297 g/mol. The van der Waals surface area contributed by atoms with Crippen molar-refractivity contribution in [1.29, 1.82) is 0 Å². The lowest BCUT2D eigenvalue weighted by molar-refractivity contribution is -0.122. The molecule has 0 saturated heterocycles. The molecule has 1 aliphatic rings. The van der Waals surface area contributed by atoms with Crippen LogP contribution in [0.4, 0.5) is 5.69 Å². The Morgan fingerprint density at radius 3 is 2.64 bits per heavy atom. The van der Waals surface area contributed by atoms with Crippen molar-refractivity contribution in [1.82, 2.24) is 9.78 Å². The molecule has 1 fully saturated rings. The average molecular weight is 297 g/mol. The number of carbonyl (C=O) groups is 1. The first kappa shape index (κ1) is 14.8. The summed E-state index contributed by atoms with van der Waals surface area (Å²) in [6, 6.07) is 8.33. The topological polar surface area (TPSA) is 46.9 Å². The van der Waals surface area contributed by atoms with E-state index in [1.54, 1.807) is 0 Å². The molecule has 4 nitrogen and oxygen atoms in total. The maximum absolute atomic E-state index is 12.2. The van der Waals surface area contributed by atoms with Gasteiger partial charge in [0.2, 0.25) is 5.91 Å². The number of aromatic nitrogens is 2. The first-order chi connectivity index (χ1) is 10.6. The largest absolute Gasteiger partial charge is 0.323 e. The maximum atomic E-state index is 12.2. The fourth-order valence-corrected chi connectivity index (χ4v) is 2.88. The third-order valence-corrected chi connectivity index (χ3v) is 4.69. The zero-order chi connectivity index (χ0) is 15.7. The first-order valence-electron chi connectivity index (χ1n) is 7.95. The fraction of sp³-hybridized carbons (Fsp3) is 0.444. The van der Waals surface area contributed by atoms with Crippen LogP contribution < -0.4 is 5.32 Å². The molecule has 0 radical (unpaired) electrons. The molecule has 0 unspecified atom stereocenters. The van der Waals surface area contributed by atoms with Crippen LogP contribution in [0.25, 0.3) is 0 Å². The minimum absolute atomic E-state index is 0.146. The van der Waals surface area contributed by atoms with E-state index < -0.39 is 0 Å². The van der Waals surface area contributed by atoms with Crippen LogP contribution in [-0.4, -0.2) is 15.7 Å². The smallest absolute Gasteiger partial charge is 0.227 e. The SMILES string of the molecule is Cc1ccccc1Cn1nc(C)c(NC(=O)C2CCC2)c1C. The molecule has 0 aliphatic heterocycles. The highest BCUT2D eigenvalue weighted by molar-refractivity contribution is 5.94. The number of amides is 1. The van der Waals surface area contributed by atoms with Gasteiger partial charge in [-0.25, -0.2) is 0 Å². The van der Waals surface area contributed by atoms with Gasteiger partial charge >= 0.3 is 0 Å². The Morgan fingerprint density at radius 1 is 1.27 bits per heavy atom. The van der Waals surface area contributed by atoms with E-state index in [0.717, 1.165) is 36.5 Å². The minimum Gasteiger partial charge on any atom is -0.323 e. The molecule has 22 heavy (non-hydrogen) atoms. The Labute approximate surface area is 131 Å². The molecular formula is C18H23N3O. The van der Waals surface area contributed by atoms with Crippen molar-refractivity contribution in [2.45, 2.75) is 46.6 Å². The van der Waals surface area contributed by atoms with Crippen LogP contribution in [0.5, 0.6) is 0 Å². The normalized spacial score (nSPS) is 14.7. The summed E-state index contributed by atoms with van der Waals surface area (Å²) in [7, 11) is 0. The number of hydrogen-bond donors (Lipinski definition) is 1. The molecule has 0 atom stereocenters. The predicted molar refractivity (Wildman–Crippen MR) is 88.0 cm³/mol. The van der Waals surface area contributed by atoms with Gasteiger partial charge in [-0.05, 0) is 44.7 Å². The molecule has 1 aliphatic carbocycles. The summed E-state index contributed by atoms with van der Waals surface area (Å²) >= 11 is 0. The Balaban J connectivity index is 1.80. The van der Waals surface area contributed by atoms with E-state index in [-0.39, 0.29) is 11.8 Å². The lowest BCUT2D eigenvalue weighted by Gasteiger charge is -2.24. The van der Waals surface area contributed by atoms with Crippen molar-refractivity contribution < 1.29 is 4.79 Å². The van der Waals surface area contributed by atoms with Gasteiger partial charge in [0.1, 0.15) is 0 Å². The van der Waals surface area contributed by atoms with Gasteiger partial charge in [0, 0.05) is 5.92 Å². The molecule has 0 bridgehead atoms. The number of nitrogens with one attached hydrogen (secondary N) is 1. The highest BCUT2D eigenvalue weighted by Gasteiger charge is 2.26. The van der Waals surface area contributed by atoms with Crippen molar-refractivity contribution >= 4 is 11.6 Å². The molecule has 3 rings (SSSR count). The second kappa shape index (κ2) is 5.95. The zero-order valence-corrected chi connectivity index (χ0v) is 13.5. The second-order valence-electron chi connectivity index (χ2n) is 6.25. The van der Waals surface area contributed by atoms with Crippen LogP contribution >= 0.6 is 0 Å². The van der Waals surface area contributed by atoms with Gasteiger partial charge in [0.25, 0.3) is 0 Å². The number of rotatable bonds is 4. The van der Waals surface area contributed by atoms with E-state index in [1.165, 1.54) is 17.5 Å². The number of benzene rings is 1. The van der Waals surface area contributed by atoms with Crippen molar-refractivity contribution in [3.63, 3.8) is 0 Å². The fourth-order valence-electron chi connectivity index (χ4n) is 2.88. The van der Waals surface area contributed by atoms with Gasteiger partial charge < -0.3 is 5.32 Å². The molecule has 0 spiro atoms. The van der Waals surface area contributed by atoms with Crippen LogP contribution in [0.15, 0.2) is 24.3 Å². The summed E-state index contributed by atoms with van der Waals surface area (Å²) in [5.74, 6) is 0.339. The van der Waals surface area contributed by atoms with Crippen LogP contribution in [0.1, 0.15) is 41.8 Å². The van der Waals surface area contributed by atoms with Crippen LogP contribution in [0, 0.1) is 26.7 Å². The van der Waals surface area contributed by atoms with Crippen LogP contribution in [0.2, 0.25) is 0 Å². The molecule has 2 aromatic rings. The van der Waals surface area contributed by atoms with Gasteiger partial charge in [-0.15, -0.1) is 0 Å². The van der Waals surface area contributed by atoms with E-state index in [1.807, 2.05) is 30.7 Å². The van der Waals surface area contributed by atoms with E-state index in [2.05, 4.69) is 29.5 Å². The summed E-state index contributed by atoms with van der Waals surface area (Å²) in [5, 5.41) is 7.68. The van der Waals surface area contributed by atoms with Gasteiger partial charge in [0.15, 0.2) is 0 Å². The Kier molecular flexibility index (Phi) is 4.01. The highest BCUT2D eigenvalue weighted by Crippen LogP contribution is 2.29. The van der Waals surface area contributed by atoms with Crippen molar-refractivity contribution in [2.24, 2.45) is 5.92 Å². The third kappa shape index (κ3) is 2.78. The van der Waals surface area contributed by atoms with E-state index in [0.29, 0.717) is 0 Å². The van der Waals surface area contributed by atoms with Crippen molar-refractivity contribution in [2.75, 3.05) is 5.32 Å². The Bertz CT molecular complexity index is 698. The number of nitrogens with zero attached hydrogens (tertiary/aromatic N) is 2. The van der Waals surface area contributed by atoms with Gasteiger partial charge in [-0.1, -0.05) is 30.7 Å². The molecule has 1 aromatic heterocycles. The Hall–Kier alpha value is -2.10. The van der Waals surface area contributed by atoms with E-state index in [4.69, 9.17) is 0 Å². The second-order valence-corrected chi connectivity index (χ2v) is 6.25.